The van der Waals surface area contributed by atoms with Crippen LogP contribution in [0.3, 0.4) is 0 Å². The largest absolute Gasteiger partial charge is 0.492 e. The van der Waals surface area contributed by atoms with Crippen molar-refractivity contribution in [3.63, 3.8) is 0 Å². The summed E-state index contributed by atoms with van der Waals surface area (Å²) in [5.74, 6) is 3.55. The number of halogens is 1. The molecule has 0 saturated carbocycles. The molecule has 2 aromatic carbocycles. The quantitative estimate of drug-likeness (QED) is 0.140. The van der Waals surface area contributed by atoms with Gasteiger partial charge in [-0.25, -0.2) is 5.43 Å². The maximum absolute atomic E-state index is 6.06. The molecule has 0 aliphatic carbocycles. The lowest BCUT2D eigenvalue weighted by atomic mass is 10.1. The number of ether oxygens (including phenoxy) is 1. The van der Waals surface area contributed by atoms with Crippen molar-refractivity contribution in [2.75, 3.05) is 53.8 Å². The number of benzene rings is 2. The van der Waals surface area contributed by atoms with Gasteiger partial charge in [0.25, 0.3) is 0 Å². The molecule has 2 aliphatic heterocycles. The molecule has 0 radical (unpaired) electrons. The zero-order chi connectivity index (χ0) is 26.0. The molecule has 10 heteroatoms. The summed E-state index contributed by atoms with van der Waals surface area (Å²) in [5.41, 5.74) is 3.94. The van der Waals surface area contributed by atoms with E-state index >= 15 is 0 Å². The van der Waals surface area contributed by atoms with Gasteiger partial charge in [0.2, 0.25) is 17.8 Å². The van der Waals surface area contributed by atoms with Crippen molar-refractivity contribution in [2.24, 2.45) is 5.10 Å². The highest BCUT2D eigenvalue weighted by atomic mass is 35.5. The van der Waals surface area contributed by atoms with Gasteiger partial charge >= 0.3 is 0 Å². The van der Waals surface area contributed by atoms with Crippen LogP contribution in [0.4, 0.5) is 17.8 Å². The number of nitrogens with one attached hydrogen (secondary N) is 1. The van der Waals surface area contributed by atoms with Gasteiger partial charge in [-0.05, 0) is 74.9 Å². The van der Waals surface area contributed by atoms with Crippen LogP contribution in [-0.4, -0.2) is 59.7 Å². The zero-order valence-electron chi connectivity index (χ0n) is 21.6. The lowest BCUT2D eigenvalue weighted by Gasteiger charge is -2.30. The van der Waals surface area contributed by atoms with Gasteiger partial charge in [0.05, 0.1) is 12.8 Å². The minimum Gasteiger partial charge on any atom is -0.492 e. The van der Waals surface area contributed by atoms with Crippen LogP contribution in [-0.2, 0) is 0 Å². The van der Waals surface area contributed by atoms with E-state index in [0.29, 0.717) is 12.6 Å². The van der Waals surface area contributed by atoms with Crippen molar-refractivity contribution in [1.29, 1.82) is 0 Å². The Kier molecular flexibility index (Phi) is 9.55. The molecule has 5 rings (SSSR count). The number of nitrogens with zero attached hydrogens (tertiary/aromatic N) is 6. The number of piperidine rings is 2. The van der Waals surface area contributed by atoms with Gasteiger partial charge in [-0.2, -0.15) is 20.1 Å². The highest BCUT2D eigenvalue weighted by Gasteiger charge is 2.20. The molecule has 2 aliphatic rings. The molecule has 0 amide bonds. The van der Waals surface area contributed by atoms with E-state index in [1.54, 1.807) is 18.0 Å². The van der Waals surface area contributed by atoms with Gasteiger partial charge in [-0.3, -0.25) is 0 Å². The molecule has 3 heterocycles. The van der Waals surface area contributed by atoms with Gasteiger partial charge in [-0.15, -0.1) is 11.8 Å². The predicted molar refractivity (Wildman–Crippen MR) is 157 cm³/mol. The van der Waals surface area contributed by atoms with Crippen molar-refractivity contribution in [1.82, 2.24) is 15.0 Å². The Balaban J connectivity index is 1.23. The molecule has 2 saturated heterocycles. The molecular formula is C28H34ClN7OS. The third-order valence-corrected chi connectivity index (χ3v) is 7.83. The van der Waals surface area contributed by atoms with Gasteiger partial charge in [0.1, 0.15) is 5.75 Å². The molecule has 2 fully saturated rings. The second kappa shape index (κ2) is 13.7. The first-order valence-corrected chi connectivity index (χ1v) is 14.8. The van der Waals surface area contributed by atoms with E-state index in [9.17, 15) is 0 Å². The number of hydrogen-bond acceptors (Lipinski definition) is 9. The van der Waals surface area contributed by atoms with E-state index in [4.69, 9.17) is 31.3 Å². The molecule has 1 aromatic heterocycles. The molecule has 8 nitrogen and oxygen atoms in total. The molecule has 0 bridgehead atoms. The molecular weight excluding hydrogens is 518 g/mol. The van der Waals surface area contributed by atoms with Crippen molar-refractivity contribution in [3.8, 4) is 5.75 Å². The third-order valence-electron chi connectivity index (χ3n) is 6.60. The first-order chi connectivity index (χ1) is 18.7. The van der Waals surface area contributed by atoms with E-state index in [-0.39, 0.29) is 0 Å². The Morgan fingerprint density at radius 3 is 2.13 bits per heavy atom. The summed E-state index contributed by atoms with van der Waals surface area (Å²) >= 11 is 7.71. The first kappa shape index (κ1) is 26.6. The molecule has 0 spiro atoms. The number of hydrazone groups is 1. The van der Waals surface area contributed by atoms with Crippen molar-refractivity contribution >= 4 is 47.4 Å². The summed E-state index contributed by atoms with van der Waals surface area (Å²) in [7, 11) is 0. The van der Waals surface area contributed by atoms with Gasteiger partial charge in [-0.1, -0.05) is 23.7 Å². The summed E-state index contributed by atoms with van der Waals surface area (Å²) in [5, 5.41) is 5.21. The summed E-state index contributed by atoms with van der Waals surface area (Å²) in [4.78, 5) is 20.0. The van der Waals surface area contributed by atoms with Crippen LogP contribution in [0.2, 0.25) is 5.02 Å². The Morgan fingerprint density at radius 1 is 0.842 bits per heavy atom. The van der Waals surface area contributed by atoms with Crippen LogP contribution < -0.4 is 20.0 Å². The average molecular weight is 552 g/mol. The van der Waals surface area contributed by atoms with Crippen LogP contribution >= 0.6 is 23.4 Å². The Labute approximate surface area is 233 Å². The minimum absolute atomic E-state index is 0.468. The summed E-state index contributed by atoms with van der Waals surface area (Å²) in [6, 6.07) is 15.7. The van der Waals surface area contributed by atoms with Crippen molar-refractivity contribution in [2.45, 2.75) is 43.4 Å². The zero-order valence-corrected chi connectivity index (χ0v) is 23.1. The summed E-state index contributed by atoms with van der Waals surface area (Å²) < 4.78 is 6.06. The fourth-order valence-electron chi connectivity index (χ4n) is 4.59. The highest BCUT2D eigenvalue weighted by molar-refractivity contribution is 7.99. The normalized spacial score (nSPS) is 16.1. The molecule has 1 N–H and O–H groups in total. The van der Waals surface area contributed by atoms with E-state index in [0.717, 1.165) is 60.2 Å². The smallest absolute Gasteiger partial charge is 0.250 e. The van der Waals surface area contributed by atoms with Gasteiger partial charge < -0.3 is 14.5 Å². The average Bonchev–Trinajstić information content (AvgIpc) is 2.98. The van der Waals surface area contributed by atoms with Gasteiger partial charge in [0.15, 0.2) is 0 Å². The number of para-hydroxylation sites is 1. The van der Waals surface area contributed by atoms with Crippen LogP contribution in [0.5, 0.6) is 5.75 Å². The standard InChI is InChI=1S/C28H34ClN7OS/c29-23-11-13-24(14-12-23)38-20-19-37-25-10-4-3-9-22(25)21-30-34-26-31-27(35-15-5-1-6-16-35)33-28(32-26)36-17-7-2-8-18-36/h3-4,9-14,21H,1-2,5-8,15-20H2,(H,31,32,33,34)/b30-21-. The topological polar surface area (TPSA) is 78.8 Å². The van der Waals surface area contributed by atoms with Crippen LogP contribution in [0, 0.1) is 0 Å². The molecule has 200 valence electrons. The second-order valence-electron chi connectivity index (χ2n) is 9.41. The molecule has 0 unspecified atom stereocenters. The Bertz CT molecular complexity index is 1160. The fourth-order valence-corrected chi connectivity index (χ4v) is 5.45. The summed E-state index contributed by atoms with van der Waals surface area (Å²) in [6.45, 7) is 4.50. The molecule has 38 heavy (non-hydrogen) atoms. The van der Waals surface area contributed by atoms with E-state index in [1.165, 1.54) is 43.4 Å². The van der Waals surface area contributed by atoms with Crippen LogP contribution in [0.25, 0.3) is 0 Å². The SMILES string of the molecule is Clc1ccc(SCCOc2ccccc2/C=N\Nc2nc(N3CCCCC3)nc(N3CCCCC3)n2)cc1. The fraction of sp³-hybridized carbons (Fsp3) is 0.429. The molecule has 0 atom stereocenters. The van der Waals surface area contributed by atoms with E-state index in [1.807, 2.05) is 48.5 Å². The minimum atomic E-state index is 0.468. The number of aromatic nitrogens is 3. The third kappa shape index (κ3) is 7.51. The number of thioether (sulfide) groups is 1. The Morgan fingerprint density at radius 2 is 1.47 bits per heavy atom. The van der Waals surface area contributed by atoms with Crippen molar-refractivity contribution in [3.05, 3.63) is 59.1 Å². The monoisotopic (exact) mass is 551 g/mol. The lowest BCUT2D eigenvalue weighted by Crippen LogP contribution is -2.34. The van der Waals surface area contributed by atoms with Gasteiger partial charge in [0, 0.05) is 47.4 Å². The Hall–Kier alpha value is -3.04. The maximum atomic E-state index is 6.06. The van der Waals surface area contributed by atoms with Crippen LogP contribution in [0.15, 0.2) is 58.5 Å². The lowest BCUT2D eigenvalue weighted by molar-refractivity contribution is 0.343. The highest BCUT2D eigenvalue weighted by Crippen LogP contribution is 2.24. The molecule has 3 aromatic rings. The van der Waals surface area contributed by atoms with Crippen molar-refractivity contribution < 1.29 is 4.74 Å². The second-order valence-corrected chi connectivity index (χ2v) is 11.0. The van der Waals surface area contributed by atoms with E-state index < -0.39 is 0 Å². The van der Waals surface area contributed by atoms with Crippen LogP contribution in [0.1, 0.15) is 44.1 Å². The van der Waals surface area contributed by atoms with E-state index in [2.05, 4.69) is 20.3 Å². The summed E-state index contributed by atoms with van der Waals surface area (Å²) in [6.07, 6.45) is 8.95. The number of hydrogen-bond donors (Lipinski definition) is 1. The first-order valence-electron chi connectivity index (χ1n) is 13.4. The number of anilines is 3. The maximum Gasteiger partial charge on any atom is 0.250 e. The predicted octanol–water partition coefficient (Wildman–Crippen LogP) is 6.12. The number of rotatable bonds is 10.